The van der Waals surface area contributed by atoms with Crippen LogP contribution in [0.2, 0.25) is 0 Å². The van der Waals surface area contributed by atoms with Crippen molar-refractivity contribution in [3.05, 3.63) is 115 Å². The van der Waals surface area contributed by atoms with E-state index in [0.29, 0.717) is 22.7 Å². The van der Waals surface area contributed by atoms with Crippen molar-refractivity contribution in [1.29, 1.82) is 5.26 Å². The zero-order valence-corrected chi connectivity index (χ0v) is 22.1. The molecule has 0 bridgehead atoms. The van der Waals surface area contributed by atoms with Gasteiger partial charge in [0.05, 0.1) is 33.0 Å². The summed E-state index contributed by atoms with van der Waals surface area (Å²) in [5.41, 5.74) is 6.36. The largest absolute Gasteiger partial charge is 0.308 e. The Balaban J connectivity index is 1.55. The molecule has 0 radical (unpaired) electrons. The summed E-state index contributed by atoms with van der Waals surface area (Å²) in [6.07, 6.45) is 1.70. The van der Waals surface area contributed by atoms with E-state index in [1.165, 1.54) is 38.0 Å². The molecule has 6 heteroatoms. The Kier molecular flexibility index (Phi) is 3.91. The molecule has 0 atom stereocenters. The molecule has 0 saturated heterocycles. The lowest BCUT2D eigenvalue weighted by Crippen LogP contribution is -2.04. The Morgan fingerprint density at radius 1 is 0.571 bits per heavy atom. The monoisotopic (exact) mass is 534 g/mol. The Hall–Kier alpha value is -6.06. The van der Waals surface area contributed by atoms with Crippen molar-refractivity contribution in [3.63, 3.8) is 0 Å². The normalized spacial score (nSPS) is 12.3. The number of hydrogen-bond acceptors (Lipinski definition) is 4. The first-order chi connectivity index (χ1) is 20.8. The van der Waals surface area contributed by atoms with Crippen LogP contribution in [0.3, 0.4) is 0 Å². The Labute approximate surface area is 237 Å². The van der Waals surface area contributed by atoms with Crippen LogP contribution in [-0.2, 0) is 0 Å². The number of rotatable bonds is 1. The topological polar surface area (TPSA) is 71.8 Å². The van der Waals surface area contributed by atoms with Crippen LogP contribution in [-0.4, -0.2) is 23.9 Å². The maximum absolute atomic E-state index is 10.1. The molecule has 0 saturated carbocycles. The third-order valence-electron chi connectivity index (χ3n) is 8.75. The van der Waals surface area contributed by atoms with Gasteiger partial charge >= 0.3 is 0 Å². The number of aromatic nitrogens is 5. The summed E-state index contributed by atoms with van der Waals surface area (Å²) < 4.78 is 4.54. The van der Waals surface area contributed by atoms with Crippen molar-refractivity contribution in [1.82, 2.24) is 23.9 Å². The second kappa shape index (κ2) is 7.57. The summed E-state index contributed by atoms with van der Waals surface area (Å²) >= 11 is 0. The van der Waals surface area contributed by atoms with E-state index in [0.717, 1.165) is 32.7 Å². The molecule has 5 heterocycles. The van der Waals surface area contributed by atoms with Crippen LogP contribution in [0.1, 0.15) is 5.69 Å². The second-order valence-corrected chi connectivity index (χ2v) is 10.8. The van der Waals surface area contributed by atoms with Gasteiger partial charge in [0.15, 0.2) is 11.3 Å². The van der Waals surface area contributed by atoms with Crippen LogP contribution >= 0.6 is 0 Å². The average molecular weight is 535 g/mol. The lowest BCUT2D eigenvalue weighted by Gasteiger charge is -2.09. The van der Waals surface area contributed by atoms with Gasteiger partial charge in [-0.15, -0.1) is 0 Å². The maximum atomic E-state index is 10.1. The van der Waals surface area contributed by atoms with Crippen LogP contribution in [0.25, 0.3) is 87.7 Å². The molecule has 10 aromatic rings. The highest BCUT2D eigenvalue weighted by atomic mass is 15.2. The molecule has 0 aliphatic carbocycles. The molecule has 0 aliphatic heterocycles. The molecule has 0 amide bonds. The minimum atomic E-state index is 0.312. The molecule has 0 aliphatic rings. The first-order valence-electron chi connectivity index (χ1n) is 13.9. The van der Waals surface area contributed by atoms with E-state index < -0.39 is 0 Å². The van der Waals surface area contributed by atoms with Crippen LogP contribution in [0, 0.1) is 11.3 Å². The molecule has 192 valence electrons. The van der Waals surface area contributed by atoms with Gasteiger partial charge in [-0.2, -0.15) is 10.2 Å². The summed E-state index contributed by atoms with van der Waals surface area (Å²) in [5, 5.41) is 20.2. The maximum Gasteiger partial charge on any atom is 0.238 e. The molecular weight excluding hydrogens is 516 g/mol. The summed E-state index contributed by atoms with van der Waals surface area (Å²) in [6, 6.07) is 38.3. The van der Waals surface area contributed by atoms with Gasteiger partial charge in [-0.25, -0.2) is 9.97 Å². The summed E-state index contributed by atoms with van der Waals surface area (Å²) in [4.78, 5) is 14.3. The highest BCUT2D eigenvalue weighted by Gasteiger charge is 2.26. The van der Waals surface area contributed by atoms with E-state index in [2.05, 4.69) is 105 Å². The van der Waals surface area contributed by atoms with Gasteiger partial charge in [0.25, 0.3) is 0 Å². The number of nitriles is 1. The Bertz CT molecular complexity index is 2810. The van der Waals surface area contributed by atoms with Crippen molar-refractivity contribution in [2.75, 3.05) is 0 Å². The number of fused-ring (bicyclic) bond motifs is 13. The predicted octanol–water partition coefficient (Wildman–Crippen LogP) is 8.30. The Morgan fingerprint density at radius 2 is 1.29 bits per heavy atom. The van der Waals surface area contributed by atoms with Gasteiger partial charge in [0.1, 0.15) is 6.07 Å². The van der Waals surface area contributed by atoms with E-state index in [1.54, 1.807) is 6.20 Å². The zero-order valence-electron chi connectivity index (χ0n) is 22.1. The van der Waals surface area contributed by atoms with E-state index in [1.807, 2.05) is 18.2 Å². The zero-order chi connectivity index (χ0) is 27.5. The van der Waals surface area contributed by atoms with E-state index in [-0.39, 0.29) is 0 Å². The highest BCUT2D eigenvalue weighted by Crippen LogP contribution is 2.47. The van der Waals surface area contributed by atoms with E-state index in [9.17, 15) is 5.26 Å². The average Bonchev–Trinajstić information content (AvgIpc) is 3.69. The molecule has 0 N–H and O–H groups in total. The highest BCUT2D eigenvalue weighted by molar-refractivity contribution is 6.37. The van der Waals surface area contributed by atoms with Crippen LogP contribution < -0.4 is 0 Å². The number of para-hydroxylation sites is 2. The fraction of sp³-hybridized carbons (Fsp3) is 0. The Morgan fingerprint density at radius 3 is 2.14 bits per heavy atom. The summed E-state index contributed by atoms with van der Waals surface area (Å²) in [7, 11) is 0. The van der Waals surface area contributed by atoms with Gasteiger partial charge in [-0.1, -0.05) is 66.7 Å². The summed E-state index contributed by atoms with van der Waals surface area (Å²) in [6.45, 7) is 0. The molecule has 10 rings (SSSR count). The van der Waals surface area contributed by atoms with Crippen LogP contribution in [0.15, 0.2) is 109 Å². The lowest BCUT2D eigenvalue weighted by molar-refractivity contribution is 0.995. The molecular formula is C36H18N6. The minimum absolute atomic E-state index is 0.312. The minimum Gasteiger partial charge on any atom is -0.308 e. The molecule has 5 aromatic heterocycles. The SMILES string of the molecule is N#Cc1nc(-n2c3ccccc3c3cc4c5ccccc5n5c6ccc7ccccc7c6c(c32)c45)nc2ncccc12. The van der Waals surface area contributed by atoms with Crippen molar-refractivity contribution < 1.29 is 0 Å². The molecule has 0 spiro atoms. The number of benzene rings is 5. The number of hydrogen-bond donors (Lipinski definition) is 0. The second-order valence-electron chi connectivity index (χ2n) is 10.8. The van der Waals surface area contributed by atoms with Crippen molar-refractivity contribution in [3.8, 4) is 12.0 Å². The molecule has 42 heavy (non-hydrogen) atoms. The number of pyridine rings is 1. The van der Waals surface area contributed by atoms with Gasteiger partial charge in [0, 0.05) is 38.5 Å². The standard InChI is InChI=1S/C36H18N6/c37-19-27-24-12-7-17-38-35(24)40-36(39-27)42-29-14-6-4-11-23(29)26-18-25-22-10-3-5-13-28(22)41-30-16-15-20-8-1-2-9-21(20)31(30)32(33(25)41)34(26)42/h1-18H. The first-order valence-corrected chi connectivity index (χ1v) is 13.9. The smallest absolute Gasteiger partial charge is 0.238 e. The van der Waals surface area contributed by atoms with E-state index >= 15 is 0 Å². The van der Waals surface area contributed by atoms with E-state index in [4.69, 9.17) is 9.97 Å². The fourth-order valence-electron chi connectivity index (χ4n) is 7.11. The first kappa shape index (κ1) is 21.7. The van der Waals surface area contributed by atoms with Gasteiger partial charge in [-0.05, 0) is 47.2 Å². The molecule has 5 aromatic carbocycles. The van der Waals surface area contributed by atoms with Crippen LogP contribution in [0.5, 0.6) is 0 Å². The predicted molar refractivity (Wildman–Crippen MR) is 169 cm³/mol. The molecule has 0 fully saturated rings. The third-order valence-corrected chi connectivity index (χ3v) is 8.75. The van der Waals surface area contributed by atoms with Gasteiger partial charge in [-0.3, -0.25) is 4.57 Å². The van der Waals surface area contributed by atoms with Gasteiger partial charge in [0.2, 0.25) is 5.95 Å². The molecule has 0 unspecified atom stereocenters. The van der Waals surface area contributed by atoms with Crippen molar-refractivity contribution in [2.24, 2.45) is 0 Å². The number of nitrogens with zero attached hydrogens (tertiary/aromatic N) is 6. The van der Waals surface area contributed by atoms with Crippen LogP contribution in [0.4, 0.5) is 0 Å². The molecule has 6 nitrogen and oxygen atoms in total. The fourth-order valence-corrected chi connectivity index (χ4v) is 7.11. The quantitative estimate of drug-likeness (QED) is 0.212. The van der Waals surface area contributed by atoms with Crippen molar-refractivity contribution in [2.45, 2.75) is 0 Å². The van der Waals surface area contributed by atoms with Crippen molar-refractivity contribution >= 4 is 81.7 Å². The third kappa shape index (κ3) is 2.52. The van der Waals surface area contributed by atoms with Gasteiger partial charge < -0.3 is 4.40 Å². The lowest BCUT2D eigenvalue weighted by atomic mass is 10.00. The summed E-state index contributed by atoms with van der Waals surface area (Å²) in [5.74, 6) is 0.441.